The number of benzene rings is 1. The smallest absolute Gasteiger partial charge is 0.164 e. The van der Waals surface area contributed by atoms with Crippen molar-refractivity contribution in [1.82, 2.24) is 15.0 Å². The normalized spacial score (nSPS) is 16.2. The third kappa shape index (κ3) is 3.06. The molecule has 1 aliphatic carbocycles. The Morgan fingerprint density at radius 2 is 2.08 bits per heavy atom. The molecule has 1 aromatic carbocycles. The highest BCUT2D eigenvalue weighted by atomic mass is 16.5. The molecule has 0 amide bonds. The fraction of sp³-hybridized carbons (Fsp3) is 0.400. The van der Waals surface area contributed by atoms with Crippen LogP contribution in [-0.4, -0.2) is 40.4 Å². The summed E-state index contributed by atoms with van der Waals surface area (Å²) in [6.07, 6.45) is 8.89. The van der Waals surface area contributed by atoms with E-state index in [0.29, 0.717) is 19.0 Å². The Bertz CT molecular complexity index is 900. The minimum Gasteiger partial charge on any atom is -0.487 e. The van der Waals surface area contributed by atoms with Gasteiger partial charge in [0.05, 0.1) is 18.4 Å². The van der Waals surface area contributed by atoms with E-state index in [1.165, 1.54) is 6.33 Å². The summed E-state index contributed by atoms with van der Waals surface area (Å²) in [6, 6.07) is 6.12. The van der Waals surface area contributed by atoms with Crippen LogP contribution >= 0.6 is 0 Å². The molecule has 3 aromatic rings. The maximum Gasteiger partial charge on any atom is 0.164 e. The predicted molar refractivity (Wildman–Crippen MR) is 99.1 cm³/mol. The number of hydrogen-bond acceptors (Lipinski definition) is 5. The lowest BCUT2D eigenvalue weighted by atomic mass is 9.91. The van der Waals surface area contributed by atoms with Crippen molar-refractivity contribution >= 4 is 10.9 Å². The van der Waals surface area contributed by atoms with Crippen LogP contribution in [0, 0.1) is 0 Å². The maximum atomic E-state index is 10.9. The molecule has 1 saturated carbocycles. The Morgan fingerprint density at radius 1 is 1.23 bits per heavy atom. The second kappa shape index (κ2) is 7.05. The second-order valence-electron chi connectivity index (χ2n) is 6.78. The van der Waals surface area contributed by atoms with Crippen molar-refractivity contribution in [1.29, 1.82) is 0 Å². The summed E-state index contributed by atoms with van der Waals surface area (Å²) in [7, 11) is 1.64. The van der Waals surface area contributed by atoms with Crippen molar-refractivity contribution < 1.29 is 14.6 Å². The Morgan fingerprint density at radius 3 is 2.88 bits per heavy atom. The zero-order valence-corrected chi connectivity index (χ0v) is 14.9. The molecule has 0 unspecified atom stereocenters. The van der Waals surface area contributed by atoms with E-state index in [4.69, 9.17) is 9.47 Å². The minimum absolute atomic E-state index is 0.435. The number of fused-ring (bicyclic) bond motifs is 1. The molecule has 2 aromatic heterocycles. The van der Waals surface area contributed by atoms with Crippen LogP contribution in [0.4, 0.5) is 0 Å². The number of hydrogen-bond donors (Lipinski definition) is 2. The lowest BCUT2D eigenvalue weighted by Crippen LogP contribution is -2.20. The summed E-state index contributed by atoms with van der Waals surface area (Å²) in [5.41, 5.74) is 2.94. The first-order valence-electron chi connectivity index (χ1n) is 8.97. The van der Waals surface area contributed by atoms with Crippen LogP contribution in [0.1, 0.15) is 31.2 Å². The lowest BCUT2D eigenvalue weighted by molar-refractivity contribution is 0.0446. The molecule has 0 radical (unpaired) electrons. The topological polar surface area (TPSA) is 80.3 Å². The van der Waals surface area contributed by atoms with Gasteiger partial charge in [-0.2, -0.15) is 0 Å². The molecule has 0 bridgehead atoms. The summed E-state index contributed by atoms with van der Waals surface area (Å²) >= 11 is 0. The molecule has 26 heavy (non-hydrogen) atoms. The molecule has 0 spiro atoms. The number of rotatable bonds is 6. The monoisotopic (exact) mass is 353 g/mol. The van der Waals surface area contributed by atoms with Crippen molar-refractivity contribution in [2.45, 2.75) is 31.3 Å². The molecule has 1 fully saturated rings. The number of aromatic amines is 1. The van der Waals surface area contributed by atoms with E-state index < -0.39 is 5.60 Å². The number of nitrogens with one attached hydrogen (secondary N) is 1. The van der Waals surface area contributed by atoms with Gasteiger partial charge in [-0.15, -0.1) is 0 Å². The lowest BCUT2D eigenvalue weighted by Gasteiger charge is -2.22. The largest absolute Gasteiger partial charge is 0.487 e. The van der Waals surface area contributed by atoms with Crippen LogP contribution in [0.15, 0.2) is 36.9 Å². The summed E-state index contributed by atoms with van der Waals surface area (Å²) < 4.78 is 10.8. The Labute approximate surface area is 152 Å². The van der Waals surface area contributed by atoms with Gasteiger partial charge >= 0.3 is 0 Å². The third-order valence-corrected chi connectivity index (χ3v) is 5.13. The van der Waals surface area contributed by atoms with E-state index in [-0.39, 0.29) is 0 Å². The molecule has 6 nitrogen and oxygen atoms in total. The first-order valence-corrected chi connectivity index (χ1v) is 8.97. The van der Waals surface area contributed by atoms with Crippen LogP contribution < -0.4 is 4.74 Å². The Kier molecular flexibility index (Phi) is 4.61. The van der Waals surface area contributed by atoms with Crippen molar-refractivity contribution in [3.63, 3.8) is 0 Å². The summed E-state index contributed by atoms with van der Waals surface area (Å²) in [6.45, 7) is 0.934. The van der Waals surface area contributed by atoms with Crippen LogP contribution in [0.25, 0.3) is 22.2 Å². The minimum atomic E-state index is -0.716. The zero-order chi connectivity index (χ0) is 18.0. The van der Waals surface area contributed by atoms with Gasteiger partial charge in [0.25, 0.3) is 0 Å². The second-order valence-corrected chi connectivity index (χ2v) is 6.78. The third-order valence-electron chi connectivity index (χ3n) is 5.13. The van der Waals surface area contributed by atoms with E-state index in [0.717, 1.165) is 53.4 Å². The SMILES string of the molecule is COCCOc1cncnc1-c1c[nH]c2ccc(C3(O)CCCC3)cc12. The van der Waals surface area contributed by atoms with E-state index in [1.54, 1.807) is 13.3 Å². The Hall–Kier alpha value is -2.44. The fourth-order valence-corrected chi connectivity index (χ4v) is 3.71. The predicted octanol–water partition coefficient (Wildman–Crippen LogP) is 3.41. The van der Waals surface area contributed by atoms with Crippen molar-refractivity contribution in [2.24, 2.45) is 0 Å². The molecule has 6 heteroatoms. The summed E-state index contributed by atoms with van der Waals surface area (Å²) in [5.74, 6) is 0.621. The van der Waals surface area contributed by atoms with E-state index >= 15 is 0 Å². The molecule has 4 rings (SSSR count). The van der Waals surface area contributed by atoms with E-state index in [1.807, 2.05) is 18.3 Å². The molecular formula is C20H23N3O3. The molecule has 1 aliphatic rings. The summed E-state index contributed by atoms with van der Waals surface area (Å²) in [5, 5.41) is 12.0. The number of aromatic nitrogens is 3. The summed E-state index contributed by atoms with van der Waals surface area (Å²) in [4.78, 5) is 11.8. The molecular weight excluding hydrogens is 330 g/mol. The highest BCUT2D eigenvalue weighted by molar-refractivity contribution is 5.96. The van der Waals surface area contributed by atoms with Gasteiger partial charge in [0.2, 0.25) is 0 Å². The van der Waals surface area contributed by atoms with Gasteiger partial charge in [-0.3, -0.25) is 0 Å². The van der Waals surface area contributed by atoms with E-state index in [9.17, 15) is 5.11 Å². The van der Waals surface area contributed by atoms with Crippen molar-refractivity contribution in [3.05, 3.63) is 42.5 Å². The first-order chi connectivity index (χ1) is 12.7. The van der Waals surface area contributed by atoms with Gasteiger partial charge in [-0.25, -0.2) is 9.97 Å². The average Bonchev–Trinajstić information content (AvgIpc) is 3.29. The maximum absolute atomic E-state index is 10.9. The first kappa shape index (κ1) is 17.0. The van der Waals surface area contributed by atoms with Gasteiger partial charge in [0, 0.05) is 29.8 Å². The number of nitrogens with zero attached hydrogens (tertiary/aromatic N) is 2. The van der Waals surface area contributed by atoms with Crippen LogP contribution in [0.5, 0.6) is 5.75 Å². The molecule has 0 atom stereocenters. The number of aliphatic hydroxyl groups is 1. The molecule has 136 valence electrons. The van der Waals surface area contributed by atoms with Crippen LogP contribution in [0.2, 0.25) is 0 Å². The van der Waals surface area contributed by atoms with Crippen LogP contribution in [0.3, 0.4) is 0 Å². The molecule has 2 N–H and O–H groups in total. The standard InChI is InChI=1S/C20H23N3O3/c1-25-8-9-26-18-12-21-13-23-19(18)16-11-22-17-5-4-14(10-15(16)17)20(24)6-2-3-7-20/h4-5,10-13,22,24H,2-3,6-9H2,1H3. The van der Waals surface area contributed by atoms with Gasteiger partial charge in [0.1, 0.15) is 18.6 Å². The van der Waals surface area contributed by atoms with Crippen molar-refractivity contribution in [2.75, 3.05) is 20.3 Å². The molecule has 0 aliphatic heterocycles. The highest BCUT2D eigenvalue weighted by Gasteiger charge is 2.33. The number of methoxy groups -OCH3 is 1. The molecule has 0 saturated heterocycles. The highest BCUT2D eigenvalue weighted by Crippen LogP contribution is 2.41. The van der Waals surface area contributed by atoms with Gasteiger partial charge in [0.15, 0.2) is 5.75 Å². The van der Waals surface area contributed by atoms with Crippen LogP contribution in [-0.2, 0) is 10.3 Å². The number of H-pyrrole nitrogens is 1. The fourth-order valence-electron chi connectivity index (χ4n) is 3.71. The number of ether oxygens (including phenoxy) is 2. The van der Waals surface area contributed by atoms with Gasteiger partial charge < -0.3 is 19.6 Å². The van der Waals surface area contributed by atoms with E-state index in [2.05, 4.69) is 21.0 Å². The molecule has 2 heterocycles. The average molecular weight is 353 g/mol. The van der Waals surface area contributed by atoms with Gasteiger partial charge in [-0.1, -0.05) is 18.9 Å². The van der Waals surface area contributed by atoms with Gasteiger partial charge in [-0.05, 0) is 30.5 Å². The zero-order valence-electron chi connectivity index (χ0n) is 14.9. The van der Waals surface area contributed by atoms with Crippen molar-refractivity contribution in [3.8, 4) is 17.0 Å². The Balaban J connectivity index is 1.75. The quantitative estimate of drug-likeness (QED) is 0.664.